The summed E-state index contributed by atoms with van der Waals surface area (Å²) in [6.07, 6.45) is 3.66. The summed E-state index contributed by atoms with van der Waals surface area (Å²) < 4.78 is 15.1. The van der Waals surface area contributed by atoms with E-state index in [2.05, 4.69) is 14.9 Å². The van der Waals surface area contributed by atoms with Crippen LogP contribution in [0.25, 0.3) is 0 Å². The van der Waals surface area contributed by atoms with Gasteiger partial charge in [-0.2, -0.15) is 0 Å². The van der Waals surface area contributed by atoms with Crippen molar-refractivity contribution < 1.29 is 18.7 Å². The van der Waals surface area contributed by atoms with E-state index in [0.29, 0.717) is 12.3 Å². The van der Waals surface area contributed by atoms with E-state index in [0.717, 1.165) is 19.3 Å². The van der Waals surface area contributed by atoms with E-state index in [9.17, 15) is 4.79 Å². The fourth-order valence-electron chi connectivity index (χ4n) is 1.79. The normalized spacial score (nSPS) is 17.9. The maximum Gasteiger partial charge on any atom is 0.396 e. The number of ether oxygens (including phenoxy) is 2. The summed E-state index contributed by atoms with van der Waals surface area (Å²) in [5.74, 6) is -0.302. The van der Waals surface area contributed by atoms with Gasteiger partial charge in [-0.1, -0.05) is 0 Å². The number of esters is 1. The number of hydrogen-bond acceptors (Lipinski definition) is 6. The van der Waals surface area contributed by atoms with E-state index >= 15 is 0 Å². The molecule has 0 spiro atoms. The third-order valence-electron chi connectivity index (χ3n) is 3.00. The van der Waals surface area contributed by atoms with Gasteiger partial charge in [0.25, 0.3) is 0 Å². The molecular weight excluding hydrogens is 212 g/mol. The highest BCUT2D eigenvalue weighted by molar-refractivity contribution is 5.83. The minimum absolute atomic E-state index is 0.108. The summed E-state index contributed by atoms with van der Waals surface area (Å²) in [5.41, 5.74) is -0.181. The lowest BCUT2D eigenvalue weighted by molar-refractivity contribution is -0.0747. The van der Waals surface area contributed by atoms with Crippen LogP contribution >= 0.6 is 0 Å². The third kappa shape index (κ3) is 1.92. The van der Waals surface area contributed by atoms with Crippen molar-refractivity contribution in [2.75, 3.05) is 14.2 Å². The van der Waals surface area contributed by atoms with Crippen molar-refractivity contribution in [3.05, 3.63) is 11.8 Å². The molecule has 0 amide bonds. The predicted octanol–water partition coefficient (Wildman–Crippen LogP) is 0.968. The molecule has 0 unspecified atom stereocenters. The van der Waals surface area contributed by atoms with E-state index in [1.165, 1.54) is 7.11 Å². The van der Waals surface area contributed by atoms with Gasteiger partial charge in [0, 0.05) is 7.11 Å². The Morgan fingerprint density at radius 2 is 2.19 bits per heavy atom. The second-order valence-electron chi connectivity index (χ2n) is 3.91. The zero-order valence-corrected chi connectivity index (χ0v) is 9.36. The molecule has 88 valence electrons. The highest BCUT2D eigenvalue weighted by Crippen LogP contribution is 2.37. The average Bonchev–Trinajstić information content (AvgIpc) is 2.70. The first-order valence-electron chi connectivity index (χ1n) is 5.15. The van der Waals surface area contributed by atoms with E-state index in [1.807, 2.05) is 0 Å². The molecule has 6 nitrogen and oxygen atoms in total. The van der Waals surface area contributed by atoms with Crippen molar-refractivity contribution in [2.24, 2.45) is 0 Å². The largest absolute Gasteiger partial charge is 0.462 e. The number of methoxy groups -OCH3 is 2. The first kappa shape index (κ1) is 11.1. The Bertz CT molecular complexity index is 378. The van der Waals surface area contributed by atoms with E-state index in [4.69, 9.17) is 9.15 Å². The standard InChI is InChI=1S/C10H14N2O4/c1-14-9(13)8-12-11-7(16-8)6-10(15-2)4-3-5-10/h3-6H2,1-2H3. The zero-order chi connectivity index (χ0) is 11.6. The number of carbonyl (C=O) groups excluding carboxylic acids is 1. The Hall–Kier alpha value is -1.43. The molecule has 16 heavy (non-hydrogen) atoms. The summed E-state index contributed by atoms with van der Waals surface area (Å²) in [4.78, 5) is 11.1. The van der Waals surface area contributed by atoms with E-state index in [1.54, 1.807) is 7.11 Å². The molecule has 2 rings (SSSR count). The average molecular weight is 226 g/mol. The van der Waals surface area contributed by atoms with Crippen LogP contribution in [0.5, 0.6) is 0 Å². The molecule has 0 radical (unpaired) electrons. The first-order valence-corrected chi connectivity index (χ1v) is 5.15. The number of hydrogen-bond donors (Lipinski definition) is 0. The highest BCUT2D eigenvalue weighted by atomic mass is 16.5. The Labute approximate surface area is 92.9 Å². The van der Waals surface area contributed by atoms with Crippen molar-refractivity contribution in [3.63, 3.8) is 0 Å². The number of aromatic nitrogens is 2. The summed E-state index contributed by atoms with van der Waals surface area (Å²) in [6, 6.07) is 0. The second-order valence-corrected chi connectivity index (χ2v) is 3.91. The van der Waals surface area contributed by atoms with Gasteiger partial charge in [0.05, 0.1) is 19.1 Å². The molecule has 0 bridgehead atoms. The Balaban J connectivity index is 2.05. The molecule has 0 aromatic carbocycles. The fraction of sp³-hybridized carbons (Fsp3) is 0.700. The van der Waals surface area contributed by atoms with Crippen molar-refractivity contribution >= 4 is 5.97 Å². The van der Waals surface area contributed by atoms with Crippen molar-refractivity contribution in [3.8, 4) is 0 Å². The molecule has 0 atom stereocenters. The van der Waals surface area contributed by atoms with Gasteiger partial charge in [-0.3, -0.25) is 0 Å². The highest BCUT2D eigenvalue weighted by Gasteiger charge is 2.39. The van der Waals surface area contributed by atoms with Crippen LogP contribution in [0.1, 0.15) is 35.8 Å². The molecular formula is C10H14N2O4. The predicted molar refractivity (Wildman–Crippen MR) is 52.9 cm³/mol. The Morgan fingerprint density at radius 3 is 2.69 bits per heavy atom. The lowest BCUT2D eigenvalue weighted by atomic mass is 9.77. The summed E-state index contributed by atoms with van der Waals surface area (Å²) in [5, 5.41) is 7.42. The topological polar surface area (TPSA) is 74.5 Å². The quantitative estimate of drug-likeness (QED) is 0.712. The van der Waals surface area contributed by atoms with E-state index < -0.39 is 5.97 Å². The lowest BCUT2D eigenvalue weighted by Gasteiger charge is -2.39. The maximum atomic E-state index is 11.1. The molecule has 1 fully saturated rings. The summed E-state index contributed by atoms with van der Waals surface area (Å²) >= 11 is 0. The molecule has 6 heteroatoms. The van der Waals surface area contributed by atoms with Gasteiger partial charge < -0.3 is 13.9 Å². The van der Waals surface area contributed by atoms with E-state index in [-0.39, 0.29) is 11.5 Å². The number of nitrogens with zero attached hydrogens (tertiary/aromatic N) is 2. The Morgan fingerprint density at radius 1 is 1.44 bits per heavy atom. The molecule has 1 aliphatic rings. The molecule has 1 aromatic heterocycles. The molecule has 1 aliphatic carbocycles. The van der Waals surface area contributed by atoms with Gasteiger partial charge in [0.1, 0.15) is 0 Å². The molecule has 0 saturated heterocycles. The van der Waals surface area contributed by atoms with Gasteiger partial charge in [-0.15, -0.1) is 10.2 Å². The minimum Gasteiger partial charge on any atom is -0.462 e. The van der Waals surface area contributed by atoms with Crippen LogP contribution < -0.4 is 0 Å². The molecule has 1 saturated carbocycles. The van der Waals surface area contributed by atoms with Gasteiger partial charge >= 0.3 is 11.9 Å². The van der Waals surface area contributed by atoms with Gasteiger partial charge in [0.15, 0.2) is 0 Å². The van der Waals surface area contributed by atoms with Crippen LogP contribution in [-0.4, -0.2) is 36.0 Å². The zero-order valence-electron chi connectivity index (χ0n) is 9.36. The lowest BCUT2D eigenvalue weighted by Crippen LogP contribution is -2.41. The molecule has 0 aliphatic heterocycles. The monoisotopic (exact) mass is 226 g/mol. The third-order valence-corrected chi connectivity index (χ3v) is 3.00. The summed E-state index contributed by atoms with van der Waals surface area (Å²) in [7, 11) is 2.95. The van der Waals surface area contributed by atoms with Crippen molar-refractivity contribution in [1.82, 2.24) is 10.2 Å². The van der Waals surface area contributed by atoms with Gasteiger partial charge in [0.2, 0.25) is 5.89 Å². The minimum atomic E-state index is -0.612. The van der Waals surface area contributed by atoms with Crippen molar-refractivity contribution in [2.45, 2.75) is 31.3 Å². The SMILES string of the molecule is COC(=O)c1nnc(CC2(OC)CCC2)o1. The Kier molecular flexibility index (Phi) is 2.91. The maximum absolute atomic E-state index is 11.1. The number of rotatable bonds is 4. The molecule has 1 heterocycles. The van der Waals surface area contributed by atoms with Crippen LogP contribution in [0.3, 0.4) is 0 Å². The summed E-state index contributed by atoms with van der Waals surface area (Å²) in [6.45, 7) is 0. The van der Waals surface area contributed by atoms with Crippen LogP contribution in [0.4, 0.5) is 0 Å². The van der Waals surface area contributed by atoms with Crippen molar-refractivity contribution in [1.29, 1.82) is 0 Å². The second kappa shape index (κ2) is 4.21. The first-order chi connectivity index (χ1) is 7.69. The molecule has 0 N–H and O–H groups in total. The van der Waals surface area contributed by atoms with Crippen LogP contribution in [0, 0.1) is 0 Å². The van der Waals surface area contributed by atoms with Crippen LogP contribution in [0.15, 0.2) is 4.42 Å². The smallest absolute Gasteiger partial charge is 0.396 e. The fourth-order valence-corrected chi connectivity index (χ4v) is 1.79. The molecule has 1 aromatic rings. The van der Waals surface area contributed by atoms with Gasteiger partial charge in [-0.05, 0) is 19.3 Å². The van der Waals surface area contributed by atoms with Crippen LogP contribution in [0.2, 0.25) is 0 Å². The van der Waals surface area contributed by atoms with Gasteiger partial charge in [-0.25, -0.2) is 4.79 Å². The van der Waals surface area contributed by atoms with Crippen LogP contribution in [-0.2, 0) is 15.9 Å². The number of carbonyl (C=O) groups is 1.